The molecule has 2 aliphatic rings. The smallest absolute Gasteiger partial charge is 0.227 e. The molecule has 25 heavy (non-hydrogen) atoms. The molecular weight excluding hydrogens is 316 g/mol. The molecule has 3 rings (SSSR count). The third-order valence-corrected chi connectivity index (χ3v) is 5.23. The predicted molar refractivity (Wildman–Crippen MR) is 97.7 cm³/mol. The summed E-state index contributed by atoms with van der Waals surface area (Å²) in [6.07, 6.45) is 3.62. The molecule has 1 heterocycles. The monoisotopic (exact) mass is 346 g/mol. The zero-order chi connectivity index (χ0) is 17.6. The Balaban J connectivity index is 1.44. The quantitative estimate of drug-likeness (QED) is 0.808. The van der Waals surface area contributed by atoms with Gasteiger partial charge in [-0.2, -0.15) is 0 Å². The number of fused-ring (bicyclic) bond motifs is 1. The van der Waals surface area contributed by atoms with Crippen molar-refractivity contribution in [1.29, 1.82) is 0 Å². The number of rotatable bonds is 7. The number of β-amino-alcohol motifs (C(OH)–C–C–N with tert-alkyl or cyclic N) is 1. The maximum atomic E-state index is 12.6. The minimum Gasteiger partial charge on any atom is -0.389 e. The lowest BCUT2D eigenvalue weighted by Crippen LogP contribution is -2.51. The number of carbonyl (C=O) groups excluding carboxylic acids is 1. The molecule has 1 fully saturated rings. The Morgan fingerprint density at radius 3 is 2.72 bits per heavy atom. The largest absolute Gasteiger partial charge is 0.389 e. The molecular formula is C20H30N2O3. The van der Waals surface area contributed by atoms with E-state index in [1.165, 1.54) is 24.0 Å². The number of nitrogens with zero attached hydrogens (tertiary/aromatic N) is 2. The van der Waals surface area contributed by atoms with E-state index in [9.17, 15) is 9.90 Å². The Labute approximate surface area is 150 Å². The van der Waals surface area contributed by atoms with Gasteiger partial charge in [0.25, 0.3) is 0 Å². The van der Waals surface area contributed by atoms with Crippen molar-refractivity contribution in [2.75, 3.05) is 45.9 Å². The van der Waals surface area contributed by atoms with Gasteiger partial charge in [0, 0.05) is 39.3 Å². The first kappa shape index (κ1) is 18.4. The summed E-state index contributed by atoms with van der Waals surface area (Å²) in [4.78, 5) is 16.7. The van der Waals surface area contributed by atoms with Crippen molar-refractivity contribution < 1.29 is 14.6 Å². The molecule has 0 saturated carbocycles. The van der Waals surface area contributed by atoms with E-state index in [-0.39, 0.29) is 5.91 Å². The number of benzene rings is 1. The van der Waals surface area contributed by atoms with Gasteiger partial charge in [0.15, 0.2) is 0 Å². The van der Waals surface area contributed by atoms with Crippen LogP contribution in [0.5, 0.6) is 0 Å². The number of aliphatic hydroxyl groups is 1. The van der Waals surface area contributed by atoms with Crippen LogP contribution in [-0.4, -0.2) is 72.9 Å². The fourth-order valence-electron chi connectivity index (χ4n) is 3.81. The average molecular weight is 346 g/mol. The van der Waals surface area contributed by atoms with E-state index in [4.69, 9.17) is 4.74 Å². The fraction of sp³-hybridized carbons (Fsp3) is 0.650. The Bertz CT molecular complexity index is 582. The molecule has 0 bridgehead atoms. The van der Waals surface area contributed by atoms with Gasteiger partial charge in [-0.3, -0.25) is 9.69 Å². The Morgan fingerprint density at radius 1 is 1.20 bits per heavy atom. The standard InChI is InChI=1S/C20H30N2O3/c1-2-25-15-19(23)14-21-8-10-22(11-9-21)20(24)13-16-6-7-17-4-3-5-18(17)12-16/h6-7,12,19,23H,2-5,8-11,13-15H2,1H3/t19-/m1/s1. The normalized spacial score (nSPS) is 19.0. The van der Waals surface area contributed by atoms with Gasteiger partial charge in [0.2, 0.25) is 5.91 Å². The van der Waals surface area contributed by atoms with E-state index in [1.54, 1.807) is 0 Å². The maximum Gasteiger partial charge on any atom is 0.227 e. The molecule has 1 aliphatic heterocycles. The van der Waals surface area contributed by atoms with E-state index in [1.807, 2.05) is 11.8 Å². The van der Waals surface area contributed by atoms with Crippen LogP contribution < -0.4 is 0 Å². The van der Waals surface area contributed by atoms with Crippen LogP contribution in [0.15, 0.2) is 18.2 Å². The summed E-state index contributed by atoms with van der Waals surface area (Å²) in [5, 5.41) is 9.93. The maximum absolute atomic E-state index is 12.6. The fourth-order valence-corrected chi connectivity index (χ4v) is 3.81. The SMILES string of the molecule is CCOC[C@H](O)CN1CCN(C(=O)Cc2ccc3c(c2)CCC3)CC1. The van der Waals surface area contributed by atoms with Gasteiger partial charge in [0.05, 0.1) is 19.1 Å². The van der Waals surface area contributed by atoms with Crippen molar-refractivity contribution in [2.45, 2.75) is 38.7 Å². The third-order valence-electron chi connectivity index (χ3n) is 5.23. The lowest BCUT2D eigenvalue weighted by atomic mass is 10.0. The summed E-state index contributed by atoms with van der Waals surface area (Å²) in [5.74, 6) is 0.215. The van der Waals surface area contributed by atoms with Crippen molar-refractivity contribution >= 4 is 5.91 Å². The molecule has 5 heteroatoms. The Morgan fingerprint density at radius 2 is 1.96 bits per heavy atom. The molecule has 1 aromatic carbocycles. The topological polar surface area (TPSA) is 53.0 Å². The van der Waals surface area contributed by atoms with Crippen LogP contribution in [-0.2, 0) is 28.8 Å². The van der Waals surface area contributed by atoms with Crippen LogP contribution in [0.25, 0.3) is 0 Å². The van der Waals surface area contributed by atoms with E-state index >= 15 is 0 Å². The highest BCUT2D eigenvalue weighted by Gasteiger charge is 2.23. The minimum absolute atomic E-state index is 0.215. The number of aliphatic hydroxyl groups excluding tert-OH is 1. The molecule has 5 nitrogen and oxygen atoms in total. The molecule has 1 aromatic rings. The highest BCUT2D eigenvalue weighted by atomic mass is 16.5. The van der Waals surface area contributed by atoms with Crippen LogP contribution >= 0.6 is 0 Å². The molecule has 0 unspecified atom stereocenters. The molecule has 138 valence electrons. The molecule has 1 atom stereocenters. The van der Waals surface area contributed by atoms with E-state index in [0.717, 1.165) is 38.2 Å². The second kappa shape index (κ2) is 8.79. The van der Waals surface area contributed by atoms with Crippen LogP contribution in [0.2, 0.25) is 0 Å². The van der Waals surface area contributed by atoms with Gasteiger partial charge >= 0.3 is 0 Å². The first-order valence-electron chi connectivity index (χ1n) is 9.52. The van der Waals surface area contributed by atoms with Crippen molar-refractivity contribution in [2.24, 2.45) is 0 Å². The van der Waals surface area contributed by atoms with E-state index in [2.05, 4.69) is 23.1 Å². The number of ether oxygens (including phenoxy) is 1. The first-order valence-corrected chi connectivity index (χ1v) is 9.52. The number of piperazine rings is 1. The Hall–Kier alpha value is -1.43. The molecule has 1 amide bonds. The molecule has 1 aliphatic carbocycles. The number of carbonyl (C=O) groups is 1. The highest BCUT2D eigenvalue weighted by molar-refractivity contribution is 5.79. The zero-order valence-electron chi connectivity index (χ0n) is 15.2. The van der Waals surface area contributed by atoms with Crippen molar-refractivity contribution in [3.63, 3.8) is 0 Å². The minimum atomic E-state index is -0.450. The molecule has 1 saturated heterocycles. The van der Waals surface area contributed by atoms with Gasteiger partial charge in [-0.1, -0.05) is 18.2 Å². The average Bonchev–Trinajstić information content (AvgIpc) is 3.08. The lowest BCUT2D eigenvalue weighted by Gasteiger charge is -2.35. The second-order valence-corrected chi connectivity index (χ2v) is 7.13. The number of aryl methyl sites for hydroxylation is 2. The molecule has 0 aromatic heterocycles. The van der Waals surface area contributed by atoms with Crippen LogP contribution in [0.1, 0.15) is 30.0 Å². The van der Waals surface area contributed by atoms with Gasteiger partial charge < -0.3 is 14.7 Å². The van der Waals surface area contributed by atoms with Crippen LogP contribution in [0.4, 0.5) is 0 Å². The summed E-state index contributed by atoms with van der Waals surface area (Å²) in [7, 11) is 0. The summed E-state index contributed by atoms with van der Waals surface area (Å²) in [5.41, 5.74) is 4.02. The number of amides is 1. The van der Waals surface area contributed by atoms with E-state index in [0.29, 0.717) is 26.2 Å². The second-order valence-electron chi connectivity index (χ2n) is 7.13. The Kier molecular flexibility index (Phi) is 6.45. The molecule has 0 radical (unpaired) electrons. The van der Waals surface area contributed by atoms with Gasteiger partial charge in [0.1, 0.15) is 0 Å². The van der Waals surface area contributed by atoms with Gasteiger partial charge in [-0.25, -0.2) is 0 Å². The zero-order valence-corrected chi connectivity index (χ0v) is 15.2. The van der Waals surface area contributed by atoms with Gasteiger partial charge in [-0.05, 0) is 42.9 Å². The summed E-state index contributed by atoms with van der Waals surface area (Å²) >= 11 is 0. The van der Waals surface area contributed by atoms with Gasteiger partial charge in [-0.15, -0.1) is 0 Å². The van der Waals surface area contributed by atoms with Crippen LogP contribution in [0.3, 0.4) is 0 Å². The molecule has 0 spiro atoms. The number of hydrogen-bond acceptors (Lipinski definition) is 4. The predicted octanol–water partition coefficient (Wildman–Crippen LogP) is 1.26. The third kappa shape index (κ3) is 5.03. The van der Waals surface area contributed by atoms with E-state index < -0.39 is 6.10 Å². The lowest BCUT2D eigenvalue weighted by molar-refractivity contribution is -0.132. The van der Waals surface area contributed by atoms with Crippen molar-refractivity contribution in [1.82, 2.24) is 9.80 Å². The molecule has 1 N–H and O–H groups in total. The summed E-state index contributed by atoms with van der Waals surface area (Å²) < 4.78 is 5.25. The summed E-state index contributed by atoms with van der Waals surface area (Å²) in [6.45, 7) is 6.68. The van der Waals surface area contributed by atoms with Crippen LogP contribution in [0, 0.1) is 0 Å². The highest BCUT2D eigenvalue weighted by Crippen LogP contribution is 2.23. The number of hydrogen-bond donors (Lipinski definition) is 1. The van der Waals surface area contributed by atoms with Crippen molar-refractivity contribution in [3.8, 4) is 0 Å². The van der Waals surface area contributed by atoms with Crippen molar-refractivity contribution in [3.05, 3.63) is 34.9 Å². The first-order chi connectivity index (χ1) is 12.2. The summed E-state index contributed by atoms with van der Waals surface area (Å²) in [6, 6.07) is 6.53.